The average Bonchev–Trinajstić information content (AvgIpc) is 2.63. The monoisotopic (exact) mass is 411 g/mol. The van der Waals surface area contributed by atoms with Crippen LogP contribution in [-0.2, 0) is 24.3 Å². The number of sulfonamides is 1. The van der Waals surface area contributed by atoms with Crippen molar-refractivity contribution in [2.45, 2.75) is 31.6 Å². The molecule has 1 amide bonds. The predicted molar refractivity (Wildman–Crippen MR) is 106 cm³/mol. The topological polar surface area (TPSA) is 96.0 Å². The van der Waals surface area contributed by atoms with Gasteiger partial charge < -0.3 is 10.1 Å². The second kappa shape index (κ2) is 9.49. The van der Waals surface area contributed by atoms with E-state index in [1.165, 1.54) is 20.2 Å². The van der Waals surface area contributed by atoms with Crippen molar-refractivity contribution in [3.63, 3.8) is 0 Å². The summed E-state index contributed by atoms with van der Waals surface area (Å²) in [7, 11) is -0.640. The fourth-order valence-corrected chi connectivity index (χ4v) is 4.29. The fourth-order valence-electron chi connectivity index (χ4n) is 3.14. The standard InChI is InChI=1S/C19H29N3O5S/c1-5-27-19(24)15-8-10-22(11-9-15)13-18(23)20-16-7-6-14(2)17(12-16)28(25,26)21(3)4/h6-7,12,15H,5,8-11,13H2,1-4H3,(H,20,23). The molecule has 1 aromatic rings. The SMILES string of the molecule is CCOC(=O)C1CCN(CC(=O)Nc2ccc(C)c(S(=O)(=O)N(C)C)c2)CC1. The molecule has 0 aromatic heterocycles. The highest BCUT2D eigenvalue weighted by atomic mass is 32.2. The molecule has 8 nitrogen and oxygen atoms in total. The third-order valence-electron chi connectivity index (χ3n) is 4.81. The molecule has 2 rings (SSSR count). The summed E-state index contributed by atoms with van der Waals surface area (Å²) < 4.78 is 31.0. The minimum absolute atomic E-state index is 0.102. The summed E-state index contributed by atoms with van der Waals surface area (Å²) in [6.07, 6.45) is 1.34. The van der Waals surface area contributed by atoms with Gasteiger partial charge in [-0.1, -0.05) is 6.07 Å². The quantitative estimate of drug-likeness (QED) is 0.683. The summed E-state index contributed by atoms with van der Waals surface area (Å²) in [4.78, 5) is 26.3. The fraction of sp³-hybridized carbons (Fsp3) is 0.579. The van der Waals surface area contributed by atoms with Crippen molar-refractivity contribution < 1.29 is 22.7 Å². The van der Waals surface area contributed by atoms with Crippen LogP contribution in [0.2, 0.25) is 0 Å². The molecule has 1 aromatic carbocycles. The Morgan fingerprint density at radius 1 is 1.25 bits per heavy atom. The minimum Gasteiger partial charge on any atom is -0.466 e. The molecule has 9 heteroatoms. The van der Waals surface area contributed by atoms with Crippen molar-refractivity contribution in [3.8, 4) is 0 Å². The maximum Gasteiger partial charge on any atom is 0.309 e. The van der Waals surface area contributed by atoms with E-state index in [2.05, 4.69) is 5.32 Å². The Balaban J connectivity index is 1.95. The molecular weight excluding hydrogens is 382 g/mol. The largest absolute Gasteiger partial charge is 0.466 e. The van der Waals surface area contributed by atoms with Gasteiger partial charge in [0.15, 0.2) is 0 Å². The summed E-state index contributed by atoms with van der Waals surface area (Å²) in [5.74, 6) is -0.484. The zero-order chi connectivity index (χ0) is 20.9. The number of anilines is 1. The number of ether oxygens (including phenoxy) is 1. The van der Waals surface area contributed by atoms with Crippen molar-refractivity contribution in [3.05, 3.63) is 23.8 Å². The van der Waals surface area contributed by atoms with E-state index in [9.17, 15) is 18.0 Å². The van der Waals surface area contributed by atoms with Crippen molar-refractivity contribution in [1.82, 2.24) is 9.21 Å². The number of amides is 1. The third-order valence-corrected chi connectivity index (χ3v) is 6.76. The number of benzene rings is 1. The van der Waals surface area contributed by atoms with E-state index in [0.29, 0.717) is 43.8 Å². The number of nitrogens with one attached hydrogen (secondary N) is 1. The molecule has 0 unspecified atom stereocenters. The molecule has 1 N–H and O–H groups in total. The molecule has 1 aliphatic heterocycles. The lowest BCUT2D eigenvalue weighted by Gasteiger charge is -2.30. The second-order valence-corrected chi connectivity index (χ2v) is 9.24. The van der Waals surface area contributed by atoms with Gasteiger partial charge in [-0.05, 0) is 57.5 Å². The van der Waals surface area contributed by atoms with Gasteiger partial charge in [0.05, 0.1) is 24.0 Å². The number of likely N-dealkylation sites (tertiary alicyclic amines) is 1. The molecule has 0 atom stereocenters. The van der Waals surface area contributed by atoms with Crippen LogP contribution in [0.1, 0.15) is 25.3 Å². The van der Waals surface area contributed by atoms with E-state index in [-0.39, 0.29) is 29.2 Å². The predicted octanol–water partition coefficient (Wildman–Crippen LogP) is 1.46. The van der Waals surface area contributed by atoms with Crippen LogP contribution in [0, 0.1) is 12.8 Å². The number of piperidine rings is 1. The number of carbonyl (C=O) groups excluding carboxylic acids is 2. The highest BCUT2D eigenvalue weighted by molar-refractivity contribution is 7.89. The lowest BCUT2D eigenvalue weighted by atomic mass is 9.97. The van der Waals surface area contributed by atoms with Crippen molar-refractivity contribution >= 4 is 27.6 Å². The molecule has 1 aliphatic rings. The smallest absolute Gasteiger partial charge is 0.309 e. The van der Waals surface area contributed by atoms with E-state index in [4.69, 9.17) is 4.74 Å². The number of carbonyl (C=O) groups is 2. The van der Waals surface area contributed by atoms with E-state index in [1.54, 1.807) is 26.0 Å². The molecule has 0 saturated carbocycles. The van der Waals surface area contributed by atoms with Gasteiger partial charge in [0.1, 0.15) is 0 Å². The van der Waals surface area contributed by atoms with Gasteiger partial charge in [0.2, 0.25) is 15.9 Å². The number of hydrogen-bond donors (Lipinski definition) is 1. The van der Waals surface area contributed by atoms with Crippen LogP contribution in [-0.4, -0.2) is 69.8 Å². The first-order valence-corrected chi connectivity index (χ1v) is 10.8. The van der Waals surface area contributed by atoms with Gasteiger partial charge in [-0.25, -0.2) is 12.7 Å². The summed E-state index contributed by atoms with van der Waals surface area (Å²) in [6, 6.07) is 4.85. The molecule has 156 valence electrons. The van der Waals surface area contributed by atoms with E-state index >= 15 is 0 Å². The summed E-state index contributed by atoms with van der Waals surface area (Å²) in [6.45, 7) is 5.37. The molecule has 1 heterocycles. The molecule has 1 saturated heterocycles. The van der Waals surface area contributed by atoms with Crippen LogP contribution in [0.25, 0.3) is 0 Å². The zero-order valence-corrected chi connectivity index (χ0v) is 17.7. The molecule has 28 heavy (non-hydrogen) atoms. The second-order valence-electron chi connectivity index (χ2n) is 7.12. The summed E-state index contributed by atoms with van der Waals surface area (Å²) in [5.41, 5.74) is 1.06. The van der Waals surface area contributed by atoms with E-state index in [0.717, 1.165) is 4.31 Å². The normalized spacial score (nSPS) is 16.2. The first-order chi connectivity index (χ1) is 13.1. The van der Waals surface area contributed by atoms with Crippen LogP contribution >= 0.6 is 0 Å². The number of rotatable bonds is 7. The van der Waals surface area contributed by atoms with Crippen LogP contribution in [0.15, 0.2) is 23.1 Å². The first-order valence-electron chi connectivity index (χ1n) is 9.37. The van der Waals surface area contributed by atoms with E-state index in [1.807, 2.05) is 4.90 Å². The molecule has 0 bridgehead atoms. The van der Waals surface area contributed by atoms with Gasteiger partial charge in [-0.15, -0.1) is 0 Å². The Kier molecular flexibility index (Phi) is 7.56. The van der Waals surface area contributed by atoms with Gasteiger partial charge in [0, 0.05) is 19.8 Å². The van der Waals surface area contributed by atoms with Crippen LogP contribution in [0.4, 0.5) is 5.69 Å². The van der Waals surface area contributed by atoms with Gasteiger partial charge >= 0.3 is 5.97 Å². The van der Waals surface area contributed by atoms with E-state index < -0.39 is 10.0 Å². The number of esters is 1. The highest BCUT2D eigenvalue weighted by Crippen LogP contribution is 2.23. The Labute approximate surface area is 166 Å². The van der Waals surface area contributed by atoms with Crippen LogP contribution < -0.4 is 5.32 Å². The first kappa shape index (κ1) is 22.3. The Bertz CT molecular complexity index is 815. The number of nitrogens with zero attached hydrogens (tertiary/aromatic N) is 2. The van der Waals surface area contributed by atoms with Crippen LogP contribution in [0.5, 0.6) is 0 Å². The maximum atomic E-state index is 12.4. The molecule has 1 fully saturated rings. The zero-order valence-electron chi connectivity index (χ0n) is 16.9. The van der Waals surface area contributed by atoms with Crippen molar-refractivity contribution in [1.29, 1.82) is 0 Å². The minimum atomic E-state index is -3.58. The Hall–Kier alpha value is -1.97. The Morgan fingerprint density at radius 2 is 1.89 bits per heavy atom. The molecular formula is C19H29N3O5S. The summed E-state index contributed by atoms with van der Waals surface area (Å²) >= 11 is 0. The lowest BCUT2D eigenvalue weighted by molar-refractivity contribution is -0.149. The third kappa shape index (κ3) is 5.52. The van der Waals surface area contributed by atoms with Crippen molar-refractivity contribution in [2.75, 3.05) is 45.7 Å². The molecule has 0 aliphatic carbocycles. The van der Waals surface area contributed by atoms with Crippen molar-refractivity contribution in [2.24, 2.45) is 5.92 Å². The summed E-state index contributed by atoms with van der Waals surface area (Å²) in [5, 5.41) is 2.77. The van der Waals surface area contributed by atoms with Gasteiger partial charge in [-0.3, -0.25) is 14.5 Å². The maximum absolute atomic E-state index is 12.4. The Morgan fingerprint density at radius 3 is 2.46 bits per heavy atom. The van der Waals surface area contributed by atoms with Gasteiger partial charge in [-0.2, -0.15) is 0 Å². The van der Waals surface area contributed by atoms with Gasteiger partial charge in [0.25, 0.3) is 0 Å². The average molecular weight is 412 g/mol. The van der Waals surface area contributed by atoms with Crippen LogP contribution in [0.3, 0.4) is 0 Å². The molecule has 0 spiro atoms. The highest BCUT2D eigenvalue weighted by Gasteiger charge is 2.27. The number of hydrogen-bond acceptors (Lipinski definition) is 6. The number of aryl methyl sites for hydroxylation is 1. The lowest BCUT2D eigenvalue weighted by Crippen LogP contribution is -2.41. The molecule has 0 radical (unpaired) electrons.